The topological polar surface area (TPSA) is 84.9 Å². The van der Waals surface area contributed by atoms with Crippen molar-refractivity contribution in [1.82, 2.24) is 5.32 Å². The van der Waals surface area contributed by atoms with Gasteiger partial charge in [0.2, 0.25) is 0 Å². The molecule has 21 heavy (non-hydrogen) atoms. The molecule has 0 radical (unpaired) electrons. The fraction of sp³-hybridized carbons (Fsp3) is 0.467. The van der Waals surface area contributed by atoms with E-state index in [1.54, 1.807) is 32.0 Å². The van der Waals surface area contributed by atoms with Crippen molar-refractivity contribution in [1.29, 1.82) is 0 Å². The summed E-state index contributed by atoms with van der Waals surface area (Å²) < 4.78 is 10.8. The lowest BCUT2D eigenvalue weighted by atomic mass is 9.94. The molecule has 0 aliphatic rings. The number of rotatable bonds is 8. The normalized spacial score (nSPS) is 10.8. The molecule has 0 aliphatic heterocycles. The van der Waals surface area contributed by atoms with Gasteiger partial charge in [0.25, 0.3) is 5.91 Å². The quantitative estimate of drug-likeness (QED) is 0.762. The van der Waals surface area contributed by atoms with Gasteiger partial charge in [0.1, 0.15) is 0 Å². The smallest absolute Gasteiger partial charge is 0.310 e. The van der Waals surface area contributed by atoms with E-state index in [0.717, 1.165) is 0 Å². The molecule has 6 heteroatoms. The van der Waals surface area contributed by atoms with Gasteiger partial charge in [-0.05, 0) is 32.9 Å². The molecule has 0 spiro atoms. The first-order chi connectivity index (χ1) is 9.86. The maximum Gasteiger partial charge on any atom is 0.310 e. The van der Waals surface area contributed by atoms with Gasteiger partial charge in [-0.3, -0.25) is 9.59 Å². The van der Waals surface area contributed by atoms with E-state index >= 15 is 0 Å². The predicted octanol–water partition coefficient (Wildman–Crippen LogP) is 1.69. The Hall–Kier alpha value is -2.24. The molecule has 0 unspecified atom stereocenters. The van der Waals surface area contributed by atoms with Gasteiger partial charge >= 0.3 is 5.97 Å². The van der Waals surface area contributed by atoms with Crippen LogP contribution in [0.25, 0.3) is 0 Å². The zero-order chi connectivity index (χ0) is 15.9. The third-order valence-corrected chi connectivity index (χ3v) is 2.81. The highest BCUT2D eigenvalue weighted by Gasteiger charge is 2.27. The van der Waals surface area contributed by atoms with E-state index in [1.165, 1.54) is 0 Å². The van der Waals surface area contributed by atoms with Gasteiger partial charge in [-0.2, -0.15) is 0 Å². The van der Waals surface area contributed by atoms with Gasteiger partial charge in [0.05, 0.1) is 12.0 Å². The standard InChI is InChI=1S/C15H21NO5/c1-4-20-11-7-5-6-8-12(11)21-9-13(17)16-10-15(2,3)14(18)19/h5-8H,4,9-10H2,1-3H3,(H,16,17)(H,18,19). The van der Waals surface area contributed by atoms with E-state index in [2.05, 4.69) is 5.32 Å². The number of carbonyl (C=O) groups excluding carboxylic acids is 1. The molecule has 0 aliphatic carbocycles. The van der Waals surface area contributed by atoms with Gasteiger partial charge in [-0.1, -0.05) is 12.1 Å². The van der Waals surface area contributed by atoms with Crippen LogP contribution in [0.1, 0.15) is 20.8 Å². The Morgan fingerprint density at radius 1 is 1.19 bits per heavy atom. The minimum Gasteiger partial charge on any atom is -0.490 e. The van der Waals surface area contributed by atoms with Gasteiger partial charge in [0, 0.05) is 6.54 Å². The van der Waals surface area contributed by atoms with Crippen LogP contribution < -0.4 is 14.8 Å². The summed E-state index contributed by atoms with van der Waals surface area (Å²) in [5.41, 5.74) is -1.01. The summed E-state index contributed by atoms with van der Waals surface area (Å²) in [5, 5.41) is 11.5. The maximum atomic E-state index is 11.7. The fourth-order valence-corrected chi connectivity index (χ4v) is 1.43. The Kier molecular flexibility index (Phi) is 6.02. The minimum atomic E-state index is -1.01. The second-order valence-electron chi connectivity index (χ2n) is 5.13. The van der Waals surface area contributed by atoms with Crippen LogP contribution in [0, 0.1) is 5.41 Å². The van der Waals surface area contributed by atoms with E-state index in [-0.39, 0.29) is 19.1 Å². The second-order valence-corrected chi connectivity index (χ2v) is 5.13. The first kappa shape index (κ1) is 16.8. The van der Waals surface area contributed by atoms with Crippen LogP contribution in [0.5, 0.6) is 11.5 Å². The molecule has 6 nitrogen and oxygen atoms in total. The third-order valence-electron chi connectivity index (χ3n) is 2.81. The molecule has 0 fully saturated rings. The number of benzene rings is 1. The van der Waals surface area contributed by atoms with Crippen LogP contribution in [0.4, 0.5) is 0 Å². The van der Waals surface area contributed by atoms with E-state index in [0.29, 0.717) is 18.1 Å². The number of amides is 1. The number of hydrogen-bond donors (Lipinski definition) is 2. The number of carbonyl (C=O) groups is 2. The van der Waals surface area contributed by atoms with Crippen LogP contribution >= 0.6 is 0 Å². The maximum absolute atomic E-state index is 11.7. The molecule has 1 aromatic rings. The summed E-state index contributed by atoms with van der Waals surface area (Å²) in [7, 11) is 0. The number of carboxylic acid groups (broad SMARTS) is 1. The van der Waals surface area contributed by atoms with Crippen molar-refractivity contribution in [2.45, 2.75) is 20.8 Å². The van der Waals surface area contributed by atoms with Crippen LogP contribution in [0.15, 0.2) is 24.3 Å². The summed E-state index contributed by atoms with van der Waals surface area (Å²) in [6.07, 6.45) is 0. The number of aliphatic carboxylic acids is 1. The van der Waals surface area contributed by atoms with Crippen molar-refractivity contribution < 1.29 is 24.2 Å². The second kappa shape index (κ2) is 7.52. The molecule has 0 saturated carbocycles. The van der Waals surface area contributed by atoms with E-state index in [1.807, 2.05) is 13.0 Å². The molecule has 0 heterocycles. The van der Waals surface area contributed by atoms with Gasteiger partial charge < -0.3 is 19.9 Å². The number of carboxylic acids is 1. The first-order valence-electron chi connectivity index (χ1n) is 6.71. The highest BCUT2D eigenvalue weighted by molar-refractivity contribution is 5.79. The van der Waals surface area contributed by atoms with Crippen molar-refractivity contribution in [3.05, 3.63) is 24.3 Å². The Labute approximate surface area is 124 Å². The number of nitrogens with one attached hydrogen (secondary N) is 1. The largest absolute Gasteiger partial charge is 0.490 e. The lowest BCUT2D eigenvalue weighted by molar-refractivity contribution is -0.146. The average Bonchev–Trinajstić information content (AvgIpc) is 2.44. The van der Waals surface area contributed by atoms with Crippen LogP contribution in [-0.2, 0) is 9.59 Å². The summed E-state index contributed by atoms with van der Waals surface area (Å²) in [6.45, 7) is 5.29. The summed E-state index contributed by atoms with van der Waals surface area (Å²) in [4.78, 5) is 22.6. The molecular formula is C15H21NO5. The molecule has 2 N–H and O–H groups in total. The van der Waals surface area contributed by atoms with Gasteiger partial charge in [-0.15, -0.1) is 0 Å². The zero-order valence-electron chi connectivity index (χ0n) is 12.5. The van der Waals surface area contributed by atoms with E-state index in [4.69, 9.17) is 14.6 Å². The van der Waals surface area contributed by atoms with Crippen LogP contribution in [0.3, 0.4) is 0 Å². The summed E-state index contributed by atoms with van der Waals surface area (Å²) in [5.74, 6) is -0.299. The Morgan fingerprint density at radius 2 is 1.76 bits per heavy atom. The number of para-hydroxylation sites is 2. The molecule has 0 atom stereocenters. The van der Waals surface area contributed by atoms with Crippen LogP contribution in [-0.4, -0.2) is 36.7 Å². The number of ether oxygens (including phenoxy) is 2. The van der Waals surface area contributed by atoms with Gasteiger partial charge in [-0.25, -0.2) is 0 Å². The third kappa shape index (κ3) is 5.33. The van der Waals surface area contributed by atoms with E-state index < -0.39 is 11.4 Å². The lowest BCUT2D eigenvalue weighted by Crippen LogP contribution is -2.40. The number of hydrogen-bond acceptors (Lipinski definition) is 4. The lowest BCUT2D eigenvalue weighted by Gasteiger charge is -2.19. The van der Waals surface area contributed by atoms with Crippen molar-refractivity contribution in [3.8, 4) is 11.5 Å². The highest BCUT2D eigenvalue weighted by atomic mass is 16.5. The molecule has 0 aromatic heterocycles. The Morgan fingerprint density at radius 3 is 2.29 bits per heavy atom. The Balaban J connectivity index is 2.49. The molecule has 116 valence electrons. The molecule has 1 aromatic carbocycles. The summed E-state index contributed by atoms with van der Waals surface area (Å²) >= 11 is 0. The summed E-state index contributed by atoms with van der Waals surface area (Å²) in [6, 6.07) is 7.06. The average molecular weight is 295 g/mol. The van der Waals surface area contributed by atoms with Crippen molar-refractivity contribution in [3.63, 3.8) is 0 Å². The molecule has 1 amide bonds. The highest BCUT2D eigenvalue weighted by Crippen LogP contribution is 2.26. The van der Waals surface area contributed by atoms with Crippen molar-refractivity contribution >= 4 is 11.9 Å². The van der Waals surface area contributed by atoms with Crippen molar-refractivity contribution in [2.24, 2.45) is 5.41 Å². The van der Waals surface area contributed by atoms with Crippen molar-refractivity contribution in [2.75, 3.05) is 19.8 Å². The Bertz CT molecular complexity index is 499. The molecule has 1 rings (SSSR count). The van der Waals surface area contributed by atoms with E-state index in [9.17, 15) is 9.59 Å². The SMILES string of the molecule is CCOc1ccccc1OCC(=O)NCC(C)(C)C(=O)O. The molecular weight excluding hydrogens is 274 g/mol. The molecule has 0 saturated heterocycles. The minimum absolute atomic E-state index is 0.0393. The predicted molar refractivity (Wildman–Crippen MR) is 77.5 cm³/mol. The fourth-order valence-electron chi connectivity index (χ4n) is 1.43. The molecule has 0 bridgehead atoms. The van der Waals surface area contributed by atoms with Gasteiger partial charge in [0.15, 0.2) is 18.1 Å². The zero-order valence-corrected chi connectivity index (χ0v) is 12.5. The first-order valence-corrected chi connectivity index (χ1v) is 6.71. The van der Waals surface area contributed by atoms with Crippen LogP contribution in [0.2, 0.25) is 0 Å². The monoisotopic (exact) mass is 295 g/mol.